The van der Waals surface area contributed by atoms with Gasteiger partial charge in [0.05, 0.1) is 4.90 Å². The third-order valence-corrected chi connectivity index (χ3v) is 8.18. The van der Waals surface area contributed by atoms with Crippen LogP contribution in [0.4, 0.5) is 8.78 Å². The smallest absolute Gasteiger partial charge is 0.257 e. The molecule has 31 heavy (non-hydrogen) atoms. The Balaban J connectivity index is 1.81. The number of benzene rings is 2. The summed E-state index contributed by atoms with van der Waals surface area (Å²) in [5.74, 6) is -3.12. The number of carbonyl (C=O) groups excluding carboxylic acids is 1. The maximum Gasteiger partial charge on any atom is 0.257 e. The first-order chi connectivity index (χ1) is 14.4. The maximum absolute atomic E-state index is 14.1. The Morgan fingerprint density at radius 3 is 2.39 bits per heavy atom. The van der Waals surface area contributed by atoms with Crippen LogP contribution in [0.5, 0.6) is 0 Å². The van der Waals surface area contributed by atoms with E-state index in [1.165, 1.54) is 12.1 Å². The van der Waals surface area contributed by atoms with E-state index in [-0.39, 0.29) is 17.9 Å². The molecule has 0 bridgehead atoms. The number of hydrogen-bond acceptors (Lipinski definition) is 6. The number of halogens is 2. The number of amides is 1. The van der Waals surface area contributed by atoms with Gasteiger partial charge >= 0.3 is 0 Å². The van der Waals surface area contributed by atoms with E-state index in [1.54, 1.807) is 19.1 Å². The van der Waals surface area contributed by atoms with Crippen LogP contribution in [0.2, 0.25) is 0 Å². The first-order valence-electron chi connectivity index (χ1n) is 8.95. The molecule has 3 rings (SSSR count). The van der Waals surface area contributed by atoms with Gasteiger partial charge in [0.15, 0.2) is 0 Å². The highest BCUT2D eigenvalue weighted by Gasteiger charge is 2.44. The van der Waals surface area contributed by atoms with Crippen LogP contribution in [0, 0.1) is 18.6 Å². The van der Waals surface area contributed by atoms with E-state index >= 15 is 0 Å². The lowest BCUT2D eigenvalue weighted by Gasteiger charge is -2.23. The molecule has 2 aromatic carbocycles. The Labute approximate surface area is 184 Å². The zero-order valence-electron chi connectivity index (χ0n) is 16.1. The Bertz CT molecular complexity index is 1200. The van der Waals surface area contributed by atoms with Crippen molar-refractivity contribution in [1.29, 1.82) is 0 Å². The second-order valence-corrected chi connectivity index (χ2v) is 11.2. The summed E-state index contributed by atoms with van der Waals surface area (Å²) in [6.07, 6.45) is -0.0582. The van der Waals surface area contributed by atoms with Gasteiger partial charge in [0.2, 0.25) is 10.0 Å². The topological polar surface area (TPSA) is 113 Å². The van der Waals surface area contributed by atoms with Crippen LogP contribution in [0.25, 0.3) is 0 Å². The average Bonchev–Trinajstić information content (AvgIpc) is 3.11. The van der Waals surface area contributed by atoms with Crippen molar-refractivity contribution in [3.05, 3.63) is 59.7 Å². The highest BCUT2D eigenvalue weighted by molar-refractivity contribution is 7.89. The summed E-state index contributed by atoms with van der Waals surface area (Å²) in [5, 5.41) is -0.573. The molecule has 1 saturated heterocycles. The molecule has 2 atom stereocenters. The molecule has 0 spiro atoms. The van der Waals surface area contributed by atoms with Gasteiger partial charge in [-0.25, -0.2) is 25.6 Å². The van der Waals surface area contributed by atoms with E-state index in [4.69, 9.17) is 0 Å². The molecular weight excluding hydrogens is 472 g/mol. The lowest BCUT2D eigenvalue weighted by Crippen LogP contribution is -2.51. The van der Waals surface area contributed by atoms with Gasteiger partial charge in [0.1, 0.15) is 22.6 Å². The monoisotopic (exact) mass is 491 g/mol. The minimum Gasteiger partial charge on any atom is -0.276 e. The second kappa shape index (κ2) is 8.82. The van der Waals surface area contributed by atoms with E-state index in [0.29, 0.717) is 16.4 Å². The van der Waals surface area contributed by atoms with Gasteiger partial charge in [0.25, 0.3) is 15.9 Å². The minimum absolute atomic E-state index is 0.0582. The molecule has 0 unspecified atom stereocenters. The first kappa shape index (κ1) is 23.6. The van der Waals surface area contributed by atoms with Crippen LogP contribution in [0.3, 0.4) is 0 Å². The van der Waals surface area contributed by atoms with E-state index in [9.17, 15) is 30.4 Å². The summed E-state index contributed by atoms with van der Waals surface area (Å²) in [5.41, 5.74) is 2.83. The summed E-state index contributed by atoms with van der Waals surface area (Å²) in [7, 11) is -8.71. The van der Waals surface area contributed by atoms with Crippen LogP contribution >= 0.6 is 12.6 Å². The zero-order chi connectivity index (χ0) is 23.0. The normalized spacial score (nSPS) is 20.0. The molecule has 8 nitrogen and oxygen atoms in total. The van der Waals surface area contributed by atoms with Crippen LogP contribution < -0.4 is 10.3 Å². The van der Waals surface area contributed by atoms with Gasteiger partial charge in [-0.3, -0.25) is 10.2 Å². The number of rotatable bonds is 6. The molecule has 0 radical (unpaired) electrons. The Morgan fingerprint density at radius 1 is 1.10 bits per heavy atom. The highest BCUT2D eigenvalue weighted by Crippen LogP contribution is 2.30. The van der Waals surface area contributed by atoms with Gasteiger partial charge in [-0.05, 0) is 43.7 Å². The molecule has 168 valence electrons. The van der Waals surface area contributed by atoms with Crippen molar-refractivity contribution in [2.24, 2.45) is 0 Å². The highest BCUT2D eigenvalue weighted by atomic mass is 32.2. The predicted molar refractivity (Wildman–Crippen MR) is 111 cm³/mol. The average molecular weight is 492 g/mol. The lowest BCUT2D eigenvalue weighted by atomic mass is 10.2. The largest absolute Gasteiger partial charge is 0.276 e. The molecule has 0 aliphatic carbocycles. The summed E-state index contributed by atoms with van der Waals surface area (Å²) in [4.78, 5) is 13.5. The fourth-order valence-electron chi connectivity index (χ4n) is 3.07. The summed E-state index contributed by atoms with van der Waals surface area (Å²) in [6, 6.07) is 6.40. The first-order valence-corrected chi connectivity index (χ1v) is 12.4. The molecule has 1 amide bonds. The molecule has 1 heterocycles. The third-order valence-electron chi connectivity index (χ3n) is 4.66. The molecule has 1 fully saturated rings. The fourth-order valence-corrected chi connectivity index (χ4v) is 6.12. The SMILES string of the molecule is Cc1ccc(S(=O)(=O)NNC(=O)[C@@H]2C[C@@H](S)CN2S(=O)(=O)c2cc(F)ccc2F)cc1. The molecular formula is C18H19F2N3O5S3. The summed E-state index contributed by atoms with van der Waals surface area (Å²) >= 11 is 4.20. The molecule has 0 saturated carbocycles. The van der Waals surface area contributed by atoms with E-state index in [1.807, 2.05) is 10.3 Å². The Hall–Kier alpha value is -2.06. The number of aryl methyl sites for hydroxylation is 1. The number of hydrazine groups is 1. The van der Waals surface area contributed by atoms with Crippen LogP contribution in [0.1, 0.15) is 12.0 Å². The number of nitrogens with one attached hydrogen (secondary N) is 2. The summed E-state index contributed by atoms with van der Waals surface area (Å²) < 4.78 is 78.7. The number of nitrogens with zero attached hydrogens (tertiary/aromatic N) is 1. The molecule has 1 aliphatic heterocycles. The number of sulfonamides is 2. The molecule has 2 N–H and O–H groups in total. The van der Waals surface area contributed by atoms with Crippen molar-refractivity contribution in [2.75, 3.05) is 6.54 Å². The summed E-state index contributed by atoms with van der Waals surface area (Å²) in [6.45, 7) is 1.53. The van der Waals surface area contributed by atoms with Crippen molar-refractivity contribution >= 4 is 38.6 Å². The van der Waals surface area contributed by atoms with Crippen LogP contribution in [0.15, 0.2) is 52.3 Å². The minimum atomic E-state index is -4.60. The van der Waals surface area contributed by atoms with Gasteiger partial charge in [-0.2, -0.15) is 16.9 Å². The lowest BCUT2D eigenvalue weighted by molar-refractivity contribution is -0.124. The van der Waals surface area contributed by atoms with Gasteiger partial charge < -0.3 is 0 Å². The van der Waals surface area contributed by atoms with Crippen molar-refractivity contribution in [1.82, 2.24) is 14.6 Å². The number of hydrogen-bond donors (Lipinski definition) is 3. The number of thiol groups is 1. The predicted octanol–water partition coefficient (Wildman–Crippen LogP) is 1.34. The van der Waals surface area contributed by atoms with Gasteiger partial charge in [-0.1, -0.05) is 17.7 Å². The zero-order valence-corrected chi connectivity index (χ0v) is 18.6. The second-order valence-electron chi connectivity index (χ2n) is 6.96. The maximum atomic E-state index is 14.1. The Morgan fingerprint density at radius 2 is 1.74 bits per heavy atom. The van der Waals surface area contributed by atoms with Crippen molar-refractivity contribution in [2.45, 2.75) is 34.4 Å². The third kappa shape index (κ3) is 5.06. The molecule has 1 aliphatic rings. The van der Waals surface area contributed by atoms with Gasteiger partial charge in [-0.15, -0.1) is 4.83 Å². The molecule has 13 heteroatoms. The van der Waals surface area contributed by atoms with Crippen molar-refractivity contribution in [3.8, 4) is 0 Å². The number of carbonyl (C=O) groups is 1. The van der Waals surface area contributed by atoms with E-state index in [2.05, 4.69) is 12.6 Å². The van der Waals surface area contributed by atoms with Crippen LogP contribution in [-0.2, 0) is 24.8 Å². The quantitative estimate of drug-likeness (QED) is 0.417. The Kier molecular flexibility index (Phi) is 6.72. The van der Waals surface area contributed by atoms with Crippen molar-refractivity contribution in [3.63, 3.8) is 0 Å². The van der Waals surface area contributed by atoms with Gasteiger partial charge in [0, 0.05) is 11.8 Å². The molecule has 2 aromatic rings. The van der Waals surface area contributed by atoms with Crippen LogP contribution in [-0.4, -0.2) is 44.9 Å². The van der Waals surface area contributed by atoms with E-state index < -0.39 is 53.8 Å². The van der Waals surface area contributed by atoms with Crippen molar-refractivity contribution < 1.29 is 30.4 Å². The fraction of sp³-hybridized carbons (Fsp3) is 0.278. The standard InChI is InChI=1S/C18H19F2N3O5S3/c1-11-2-5-14(6-3-11)30(25,26)22-21-18(24)16-9-13(29)10-23(16)31(27,28)17-8-12(19)4-7-15(17)20/h2-8,13,16,22,29H,9-10H2,1H3,(H,21,24)/t13-,16+/m1/s1. The van der Waals surface area contributed by atoms with E-state index in [0.717, 1.165) is 11.6 Å². The molecule has 0 aromatic heterocycles.